The Morgan fingerprint density at radius 3 is 0.968 bits per heavy atom. The maximum Gasteiger partial charge on any atom is 0.0189 e. The van der Waals surface area contributed by atoms with Crippen molar-refractivity contribution in [2.45, 2.75) is 128 Å². The van der Waals surface area contributed by atoms with Gasteiger partial charge in [-0.3, -0.25) is 0 Å². The molecule has 172 valence electrons. The first-order valence-electron chi connectivity index (χ1n) is 11.7. The lowest BCUT2D eigenvalue weighted by Gasteiger charge is -2.31. The standard InChI is InChI=1S/C30H46S/c1-19-15-21(27(3,4)5)17-23(29(9,10)11)25(19)31-26-20(2)16-22(28(6,7)8)18-24(26)30(12,13)14/h15-18H,1-14H3. The summed E-state index contributed by atoms with van der Waals surface area (Å²) in [4.78, 5) is 2.86. The summed E-state index contributed by atoms with van der Waals surface area (Å²) in [6, 6.07) is 9.75. The van der Waals surface area contributed by atoms with Gasteiger partial charge in [-0.25, -0.2) is 0 Å². The van der Waals surface area contributed by atoms with Gasteiger partial charge in [-0.2, -0.15) is 0 Å². The Morgan fingerprint density at radius 2 is 0.742 bits per heavy atom. The fourth-order valence-electron chi connectivity index (χ4n) is 3.90. The minimum absolute atomic E-state index is 0.0928. The van der Waals surface area contributed by atoms with Gasteiger partial charge in [-0.15, -0.1) is 0 Å². The van der Waals surface area contributed by atoms with Crippen molar-refractivity contribution in [2.24, 2.45) is 0 Å². The first-order valence-corrected chi connectivity index (χ1v) is 12.5. The van der Waals surface area contributed by atoms with E-state index in [2.05, 4.69) is 121 Å². The Balaban J connectivity index is 2.79. The predicted octanol–water partition coefficient (Wildman–Crippen LogP) is 9.64. The molecule has 0 aliphatic heterocycles. The van der Waals surface area contributed by atoms with Crippen LogP contribution in [0.1, 0.15) is 116 Å². The molecule has 2 rings (SSSR count). The van der Waals surface area contributed by atoms with Gasteiger partial charge in [0.15, 0.2) is 0 Å². The number of hydrogen-bond donors (Lipinski definition) is 0. The molecule has 0 heterocycles. The number of hydrogen-bond acceptors (Lipinski definition) is 1. The second kappa shape index (κ2) is 8.29. The molecule has 0 bridgehead atoms. The molecule has 0 unspecified atom stereocenters. The molecular weight excluding hydrogens is 392 g/mol. The van der Waals surface area contributed by atoms with Gasteiger partial charge >= 0.3 is 0 Å². The van der Waals surface area contributed by atoms with Crippen molar-refractivity contribution in [3.8, 4) is 0 Å². The van der Waals surface area contributed by atoms with E-state index in [0.717, 1.165) is 0 Å². The summed E-state index contributed by atoms with van der Waals surface area (Å²) in [7, 11) is 0. The van der Waals surface area contributed by atoms with Crippen molar-refractivity contribution in [3.05, 3.63) is 57.6 Å². The highest BCUT2D eigenvalue weighted by atomic mass is 32.2. The van der Waals surface area contributed by atoms with Crippen molar-refractivity contribution >= 4 is 11.8 Å². The lowest BCUT2D eigenvalue weighted by Crippen LogP contribution is -2.19. The molecule has 0 saturated heterocycles. The minimum atomic E-state index is 0.0928. The van der Waals surface area contributed by atoms with Crippen LogP contribution < -0.4 is 0 Å². The van der Waals surface area contributed by atoms with Gasteiger partial charge in [0.1, 0.15) is 0 Å². The smallest absolute Gasteiger partial charge is 0.0189 e. The monoisotopic (exact) mass is 438 g/mol. The fraction of sp³-hybridized carbons (Fsp3) is 0.600. The van der Waals surface area contributed by atoms with E-state index in [-0.39, 0.29) is 21.7 Å². The maximum absolute atomic E-state index is 2.46. The summed E-state index contributed by atoms with van der Waals surface area (Å²) in [6.45, 7) is 32.5. The summed E-state index contributed by atoms with van der Waals surface area (Å²) >= 11 is 1.99. The van der Waals surface area contributed by atoms with Crippen molar-refractivity contribution < 1.29 is 0 Å². The average Bonchev–Trinajstić information content (AvgIpc) is 2.53. The van der Waals surface area contributed by atoms with E-state index >= 15 is 0 Å². The minimum Gasteiger partial charge on any atom is -0.0889 e. The van der Waals surface area contributed by atoms with Gasteiger partial charge in [0.05, 0.1) is 0 Å². The predicted molar refractivity (Wildman–Crippen MR) is 141 cm³/mol. The van der Waals surface area contributed by atoms with Crippen molar-refractivity contribution in [1.82, 2.24) is 0 Å². The van der Waals surface area contributed by atoms with Gasteiger partial charge in [-0.05, 0) is 68.9 Å². The molecule has 31 heavy (non-hydrogen) atoms. The lowest BCUT2D eigenvalue weighted by atomic mass is 9.79. The van der Waals surface area contributed by atoms with E-state index < -0.39 is 0 Å². The lowest BCUT2D eigenvalue weighted by molar-refractivity contribution is 0.556. The molecule has 0 spiro atoms. The summed E-state index contributed by atoms with van der Waals surface area (Å²) in [6.07, 6.45) is 0. The van der Waals surface area contributed by atoms with Gasteiger partial charge in [0.25, 0.3) is 0 Å². The van der Waals surface area contributed by atoms with Gasteiger partial charge in [-0.1, -0.05) is 119 Å². The highest BCUT2D eigenvalue weighted by molar-refractivity contribution is 7.99. The van der Waals surface area contributed by atoms with Crippen molar-refractivity contribution in [2.75, 3.05) is 0 Å². The Bertz CT molecular complexity index is 869. The van der Waals surface area contributed by atoms with Crippen LogP contribution in [0.2, 0.25) is 0 Å². The van der Waals surface area contributed by atoms with E-state index in [4.69, 9.17) is 0 Å². The number of rotatable bonds is 2. The van der Waals surface area contributed by atoms with Crippen LogP contribution >= 0.6 is 11.8 Å². The Hall–Kier alpha value is -1.21. The molecule has 0 nitrogen and oxygen atoms in total. The molecule has 1 heteroatoms. The molecule has 0 aliphatic rings. The molecule has 0 N–H and O–H groups in total. The maximum atomic E-state index is 2.46. The molecule has 0 amide bonds. The summed E-state index contributed by atoms with van der Waals surface area (Å²) < 4.78 is 0. The third-order valence-corrected chi connectivity index (χ3v) is 7.59. The quantitative estimate of drug-likeness (QED) is 0.449. The highest BCUT2D eigenvalue weighted by Crippen LogP contribution is 2.46. The second-order valence-electron chi connectivity index (χ2n) is 13.4. The molecule has 0 aromatic heterocycles. The fourth-order valence-corrected chi connectivity index (χ4v) is 5.50. The van der Waals surface area contributed by atoms with Crippen LogP contribution in [0.4, 0.5) is 0 Å². The van der Waals surface area contributed by atoms with Crippen LogP contribution in [0, 0.1) is 13.8 Å². The molecule has 0 fully saturated rings. The molecule has 0 aliphatic carbocycles. The first kappa shape index (κ1) is 26.0. The van der Waals surface area contributed by atoms with E-state index in [1.165, 1.54) is 43.2 Å². The SMILES string of the molecule is Cc1cc(C(C)(C)C)cc(C(C)(C)C)c1Sc1c(C)cc(C(C)(C)C)cc1C(C)(C)C. The summed E-state index contributed by atoms with van der Waals surface area (Å²) in [5.41, 5.74) is 9.03. The van der Waals surface area contributed by atoms with Crippen LogP contribution in [-0.2, 0) is 21.7 Å². The van der Waals surface area contributed by atoms with E-state index in [9.17, 15) is 0 Å². The van der Waals surface area contributed by atoms with Gasteiger partial charge < -0.3 is 0 Å². The van der Waals surface area contributed by atoms with Crippen LogP contribution in [-0.4, -0.2) is 0 Å². The molecule has 0 radical (unpaired) electrons. The Labute approximate surface area is 197 Å². The topological polar surface area (TPSA) is 0 Å². The Kier molecular flexibility index (Phi) is 6.96. The zero-order valence-electron chi connectivity index (χ0n) is 22.7. The first-order chi connectivity index (χ1) is 13.7. The molecular formula is C30H46S. The van der Waals surface area contributed by atoms with Crippen LogP contribution in [0.3, 0.4) is 0 Å². The van der Waals surface area contributed by atoms with Gasteiger partial charge in [0.2, 0.25) is 0 Å². The van der Waals surface area contributed by atoms with Crippen molar-refractivity contribution in [1.29, 1.82) is 0 Å². The highest BCUT2D eigenvalue weighted by Gasteiger charge is 2.28. The van der Waals surface area contributed by atoms with E-state index in [1.54, 1.807) is 0 Å². The number of aryl methyl sites for hydroxylation is 2. The zero-order valence-corrected chi connectivity index (χ0v) is 23.5. The summed E-state index contributed by atoms with van der Waals surface area (Å²) in [5.74, 6) is 0. The second-order valence-corrected chi connectivity index (χ2v) is 14.5. The molecule has 0 atom stereocenters. The molecule has 2 aromatic rings. The third kappa shape index (κ3) is 5.98. The Morgan fingerprint density at radius 1 is 0.452 bits per heavy atom. The van der Waals surface area contributed by atoms with Crippen LogP contribution in [0.15, 0.2) is 34.1 Å². The third-order valence-electron chi connectivity index (χ3n) is 6.10. The van der Waals surface area contributed by atoms with Crippen LogP contribution in [0.25, 0.3) is 0 Å². The van der Waals surface area contributed by atoms with Crippen LogP contribution in [0.5, 0.6) is 0 Å². The van der Waals surface area contributed by atoms with Crippen molar-refractivity contribution in [3.63, 3.8) is 0 Å². The van der Waals surface area contributed by atoms with E-state index in [0.29, 0.717) is 0 Å². The molecule has 0 saturated carbocycles. The molecule has 2 aromatic carbocycles. The summed E-state index contributed by atoms with van der Waals surface area (Å²) in [5, 5.41) is 0. The van der Waals surface area contributed by atoms with Gasteiger partial charge in [0, 0.05) is 9.79 Å². The zero-order chi connectivity index (χ0) is 24.2. The normalized spacial score (nSPS) is 13.6. The number of benzene rings is 2. The average molecular weight is 439 g/mol. The largest absolute Gasteiger partial charge is 0.0889 e. The van der Waals surface area contributed by atoms with E-state index in [1.807, 2.05) is 11.8 Å².